The lowest BCUT2D eigenvalue weighted by atomic mass is 10.2. The molecule has 0 saturated heterocycles. The Bertz CT molecular complexity index is 629. The van der Waals surface area contributed by atoms with Crippen molar-refractivity contribution in [2.24, 2.45) is 13.0 Å². The smallest absolute Gasteiger partial charge is 0.218 e. The minimum Gasteiger partial charge on any atom is -0.312 e. The van der Waals surface area contributed by atoms with Gasteiger partial charge < -0.3 is 5.32 Å². The molecule has 2 aromatic heterocycles. The molecule has 0 unspecified atom stereocenters. The summed E-state index contributed by atoms with van der Waals surface area (Å²) in [5.41, 5.74) is 2.07. The number of nitrogens with one attached hydrogen (secondary N) is 1. The molecular formula is C14H20N6. The zero-order valence-corrected chi connectivity index (χ0v) is 12.4. The van der Waals surface area contributed by atoms with Gasteiger partial charge in [0.05, 0.1) is 5.69 Å². The number of aromatic nitrogens is 4. The Hall–Kier alpha value is -2.13. The van der Waals surface area contributed by atoms with Crippen LogP contribution in [-0.2, 0) is 13.6 Å². The molecule has 0 radical (unpaired) electrons. The van der Waals surface area contributed by atoms with Gasteiger partial charge in [0.2, 0.25) is 5.82 Å². The van der Waals surface area contributed by atoms with Gasteiger partial charge in [0.15, 0.2) is 0 Å². The maximum atomic E-state index is 9.13. The SMILES string of the molecule is Cc1nn(C)c(-n2ccnc2C#N)c1CNCC(C)C. The molecule has 2 rings (SSSR count). The summed E-state index contributed by atoms with van der Waals surface area (Å²) in [7, 11) is 1.88. The lowest BCUT2D eigenvalue weighted by Crippen LogP contribution is -2.20. The molecule has 0 aromatic carbocycles. The van der Waals surface area contributed by atoms with E-state index in [0.29, 0.717) is 11.7 Å². The molecule has 0 spiro atoms. The van der Waals surface area contributed by atoms with Crippen molar-refractivity contribution in [1.82, 2.24) is 24.6 Å². The molecule has 6 heteroatoms. The number of hydrogen-bond acceptors (Lipinski definition) is 4. The van der Waals surface area contributed by atoms with E-state index in [0.717, 1.165) is 30.2 Å². The first-order valence-electron chi connectivity index (χ1n) is 6.71. The van der Waals surface area contributed by atoms with Crippen molar-refractivity contribution in [3.8, 4) is 11.9 Å². The van der Waals surface area contributed by atoms with E-state index in [1.807, 2.05) is 14.0 Å². The maximum Gasteiger partial charge on any atom is 0.218 e. The summed E-state index contributed by atoms with van der Waals surface area (Å²) < 4.78 is 3.58. The quantitative estimate of drug-likeness (QED) is 0.896. The molecule has 2 heterocycles. The molecule has 0 aliphatic heterocycles. The topological polar surface area (TPSA) is 71.5 Å². The van der Waals surface area contributed by atoms with Crippen LogP contribution in [-0.4, -0.2) is 25.9 Å². The third kappa shape index (κ3) is 2.73. The number of aryl methyl sites for hydroxylation is 2. The lowest BCUT2D eigenvalue weighted by Gasteiger charge is -2.10. The van der Waals surface area contributed by atoms with Crippen LogP contribution in [0.2, 0.25) is 0 Å². The summed E-state index contributed by atoms with van der Waals surface area (Å²) in [5.74, 6) is 1.87. The van der Waals surface area contributed by atoms with Gasteiger partial charge in [-0.2, -0.15) is 10.4 Å². The number of imidazole rings is 1. The fraction of sp³-hybridized carbons (Fsp3) is 0.500. The summed E-state index contributed by atoms with van der Waals surface area (Å²) in [6.45, 7) is 8.01. The van der Waals surface area contributed by atoms with Crippen LogP contribution in [0.15, 0.2) is 12.4 Å². The van der Waals surface area contributed by atoms with E-state index in [1.54, 1.807) is 21.6 Å². The molecule has 0 atom stereocenters. The highest BCUT2D eigenvalue weighted by Crippen LogP contribution is 2.19. The minimum absolute atomic E-state index is 0.373. The van der Waals surface area contributed by atoms with Crippen molar-refractivity contribution >= 4 is 0 Å². The summed E-state index contributed by atoms with van der Waals surface area (Å²) in [6.07, 6.45) is 3.42. The first-order chi connectivity index (χ1) is 9.54. The second kappa shape index (κ2) is 5.88. The minimum atomic E-state index is 0.373. The predicted molar refractivity (Wildman–Crippen MR) is 76.3 cm³/mol. The van der Waals surface area contributed by atoms with Gasteiger partial charge in [-0.15, -0.1) is 0 Å². The molecule has 106 valence electrons. The van der Waals surface area contributed by atoms with Crippen LogP contribution in [0.25, 0.3) is 5.82 Å². The first-order valence-corrected chi connectivity index (χ1v) is 6.71. The average molecular weight is 272 g/mol. The highest BCUT2D eigenvalue weighted by Gasteiger charge is 2.17. The number of nitriles is 1. The van der Waals surface area contributed by atoms with E-state index in [2.05, 4.69) is 35.3 Å². The van der Waals surface area contributed by atoms with E-state index in [4.69, 9.17) is 5.26 Å². The molecule has 0 aliphatic rings. The Morgan fingerprint density at radius 3 is 2.85 bits per heavy atom. The van der Waals surface area contributed by atoms with Crippen molar-refractivity contribution in [3.63, 3.8) is 0 Å². The third-order valence-electron chi connectivity index (χ3n) is 3.14. The third-order valence-corrected chi connectivity index (χ3v) is 3.14. The van der Waals surface area contributed by atoms with Gasteiger partial charge in [-0.1, -0.05) is 13.8 Å². The molecule has 0 saturated carbocycles. The fourth-order valence-electron chi connectivity index (χ4n) is 2.24. The summed E-state index contributed by atoms with van der Waals surface area (Å²) in [5, 5.41) is 17.0. The molecule has 0 bridgehead atoms. The molecule has 6 nitrogen and oxygen atoms in total. The molecule has 1 N–H and O–H groups in total. The fourth-order valence-corrected chi connectivity index (χ4v) is 2.24. The zero-order valence-electron chi connectivity index (χ0n) is 12.4. The maximum absolute atomic E-state index is 9.13. The Morgan fingerprint density at radius 2 is 2.20 bits per heavy atom. The number of nitrogens with zero attached hydrogens (tertiary/aromatic N) is 5. The normalized spacial score (nSPS) is 11.0. The van der Waals surface area contributed by atoms with Gasteiger partial charge in [0, 0.05) is 31.5 Å². The summed E-state index contributed by atoms with van der Waals surface area (Å²) in [6, 6.07) is 2.10. The Morgan fingerprint density at radius 1 is 1.45 bits per heavy atom. The molecule has 20 heavy (non-hydrogen) atoms. The van der Waals surface area contributed by atoms with Crippen LogP contribution in [0.1, 0.15) is 30.9 Å². The van der Waals surface area contributed by atoms with Gasteiger partial charge in [0.1, 0.15) is 11.9 Å². The molecule has 2 aromatic rings. The van der Waals surface area contributed by atoms with Gasteiger partial charge >= 0.3 is 0 Å². The van der Waals surface area contributed by atoms with Gasteiger partial charge in [-0.25, -0.2) is 4.98 Å². The second-order valence-corrected chi connectivity index (χ2v) is 5.27. The van der Waals surface area contributed by atoms with Gasteiger partial charge in [0.25, 0.3) is 0 Å². The Kier molecular flexibility index (Phi) is 4.20. The van der Waals surface area contributed by atoms with Crippen LogP contribution in [0, 0.1) is 24.2 Å². The van der Waals surface area contributed by atoms with Crippen molar-refractivity contribution in [1.29, 1.82) is 5.26 Å². The zero-order chi connectivity index (χ0) is 14.7. The lowest BCUT2D eigenvalue weighted by molar-refractivity contribution is 0.550. The standard InChI is InChI=1S/C14H20N6/c1-10(2)8-16-9-12-11(3)18-19(4)14(12)20-6-5-17-13(20)7-15/h5-6,10,16H,8-9H2,1-4H3. The van der Waals surface area contributed by atoms with Crippen molar-refractivity contribution in [3.05, 3.63) is 29.5 Å². The number of hydrogen-bond donors (Lipinski definition) is 1. The van der Waals surface area contributed by atoms with E-state index in [-0.39, 0.29) is 0 Å². The highest BCUT2D eigenvalue weighted by atomic mass is 15.3. The van der Waals surface area contributed by atoms with E-state index < -0.39 is 0 Å². The Balaban J connectivity index is 2.36. The van der Waals surface area contributed by atoms with Crippen molar-refractivity contribution in [2.75, 3.05) is 6.54 Å². The summed E-state index contributed by atoms with van der Waals surface area (Å²) >= 11 is 0. The monoisotopic (exact) mass is 272 g/mol. The average Bonchev–Trinajstić information content (AvgIpc) is 2.94. The molecule has 0 aliphatic carbocycles. The largest absolute Gasteiger partial charge is 0.312 e. The van der Waals surface area contributed by atoms with Crippen LogP contribution in [0.3, 0.4) is 0 Å². The van der Waals surface area contributed by atoms with Crippen molar-refractivity contribution in [2.45, 2.75) is 27.3 Å². The van der Waals surface area contributed by atoms with Crippen molar-refractivity contribution < 1.29 is 0 Å². The van der Waals surface area contributed by atoms with Gasteiger partial charge in [-0.05, 0) is 19.4 Å². The second-order valence-electron chi connectivity index (χ2n) is 5.27. The van der Waals surface area contributed by atoms with Crippen LogP contribution in [0.5, 0.6) is 0 Å². The van der Waals surface area contributed by atoms with Crippen LogP contribution < -0.4 is 5.32 Å². The molecule has 0 amide bonds. The van der Waals surface area contributed by atoms with Gasteiger partial charge in [-0.3, -0.25) is 9.25 Å². The molecule has 0 fully saturated rings. The highest BCUT2D eigenvalue weighted by molar-refractivity contribution is 5.40. The predicted octanol–water partition coefficient (Wildman–Crippen LogP) is 1.53. The van der Waals surface area contributed by atoms with Crippen LogP contribution in [0.4, 0.5) is 0 Å². The van der Waals surface area contributed by atoms with Crippen LogP contribution >= 0.6 is 0 Å². The number of rotatable bonds is 5. The summed E-state index contributed by atoms with van der Waals surface area (Å²) in [4.78, 5) is 4.05. The van der Waals surface area contributed by atoms with E-state index in [9.17, 15) is 0 Å². The Labute approximate surface area is 119 Å². The first kappa shape index (κ1) is 14.3. The molecular weight excluding hydrogens is 252 g/mol. The van der Waals surface area contributed by atoms with E-state index >= 15 is 0 Å². The van der Waals surface area contributed by atoms with E-state index in [1.165, 1.54) is 0 Å².